The van der Waals surface area contributed by atoms with Gasteiger partial charge in [-0.15, -0.1) is 0 Å². The minimum absolute atomic E-state index is 0.155. The molecule has 106 valence electrons. The quantitative estimate of drug-likeness (QED) is 0.771. The first-order valence-corrected chi connectivity index (χ1v) is 6.75. The van der Waals surface area contributed by atoms with E-state index in [0.717, 1.165) is 23.3 Å². The van der Waals surface area contributed by atoms with Crippen molar-refractivity contribution in [3.05, 3.63) is 66.0 Å². The topological polar surface area (TPSA) is 58.4 Å². The lowest BCUT2D eigenvalue weighted by molar-refractivity contribution is 0.102. The molecule has 0 aliphatic heterocycles. The molecule has 0 saturated heterocycles. The molecule has 0 atom stereocenters. The Labute approximate surface area is 122 Å². The minimum atomic E-state index is -0.155. The Hall–Kier alpha value is -2.66. The van der Waals surface area contributed by atoms with Crippen LogP contribution in [0.2, 0.25) is 0 Å². The fourth-order valence-corrected chi connectivity index (χ4v) is 2.27. The number of carbonyl (C=O) groups is 1. The Kier molecular flexibility index (Phi) is 3.66. The second-order valence-electron chi connectivity index (χ2n) is 4.77. The Morgan fingerprint density at radius 3 is 3.00 bits per heavy atom. The average molecular weight is 280 g/mol. The minimum Gasteiger partial charge on any atom is -0.322 e. The molecular weight excluding hydrogens is 264 g/mol. The lowest BCUT2D eigenvalue weighted by Crippen LogP contribution is -2.12. The van der Waals surface area contributed by atoms with Crippen LogP contribution >= 0.6 is 0 Å². The smallest absolute Gasteiger partial charge is 0.259 e. The highest BCUT2D eigenvalue weighted by Gasteiger charge is 2.12. The van der Waals surface area contributed by atoms with Crippen LogP contribution in [0.15, 0.2) is 54.9 Å². The van der Waals surface area contributed by atoms with E-state index in [1.54, 1.807) is 10.7 Å². The molecule has 1 aromatic carbocycles. The van der Waals surface area contributed by atoms with E-state index in [1.807, 2.05) is 55.7 Å². The lowest BCUT2D eigenvalue weighted by atomic mass is 10.2. The first-order chi connectivity index (χ1) is 10.3. The van der Waals surface area contributed by atoms with Crippen LogP contribution in [0.5, 0.6) is 0 Å². The van der Waals surface area contributed by atoms with Crippen molar-refractivity contribution < 1.29 is 4.79 Å². The molecule has 0 bridgehead atoms. The third kappa shape index (κ3) is 2.78. The number of anilines is 1. The van der Waals surface area contributed by atoms with Crippen LogP contribution in [0, 0.1) is 0 Å². The summed E-state index contributed by atoms with van der Waals surface area (Å²) < 4.78 is 1.69. The number of fused-ring (bicyclic) bond motifs is 1. The first-order valence-electron chi connectivity index (χ1n) is 6.75. The molecule has 0 unspecified atom stereocenters. The number of nitrogens with zero attached hydrogens (tertiary/aromatic N) is 2. The van der Waals surface area contributed by atoms with Crippen molar-refractivity contribution in [1.82, 2.24) is 14.9 Å². The van der Waals surface area contributed by atoms with Gasteiger partial charge in [0, 0.05) is 18.4 Å². The number of rotatable bonds is 4. The summed E-state index contributed by atoms with van der Waals surface area (Å²) in [5, 5.41) is 10.2. The van der Waals surface area contributed by atoms with E-state index in [-0.39, 0.29) is 5.91 Å². The Morgan fingerprint density at radius 2 is 2.14 bits per heavy atom. The first kappa shape index (κ1) is 13.3. The molecule has 0 spiro atoms. The third-order valence-corrected chi connectivity index (χ3v) is 3.24. The number of carbonyl (C=O) groups excluding carboxylic acids is 1. The molecule has 5 nitrogen and oxygen atoms in total. The number of amides is 1. The van der Waals surface area contributed by atoms with Gasteiger partial charge in [0.25, 0.3) is 5.91 Å². The van der Waals surface area contributed by atoms with Crippen LogP contribution in [0.25, 0.3) is 5.52 Å². The Bertz CT molecular complexity index is 779. The summed E-state index contributed by atoms with van der Waals surface area (Å²) in [6.07, 6.45) is 3.40. The number of benzene rings is 1. The fraction of sp³-hybridized carbons (Fsp3) is 0.125. The van der Waals surface area contributed by atoms with Gasteiger partial charge < -0.3 is 10.6 Å². The zero-order valence-corrected chi connectivity index (χ0v) is 11.7. The largest absolute Gasteiger partial charge is 0.322 e. The van der Waals surface area contributed by atoms with Crippen molar-refractivity contribution in [2.45, 2.75) is 6.54 Å². The van der Waals surface area contributed by atoms with E-state index < -0.39 is 0 Å². The summed E-state index contributed by atoms with van der Waals surface area (Å²) in [7, 11) is 1.89. The molecular formula is C16H16N4O. The van der Waals surface area contributed by atoms with Crippen LogP contribution in [0.1, 0.15) is 15.9 Å². The zero-order valence-electron chi connectivity index (χ0n) is 11.7. The molecule has 1 amide bonds. The summed E-state index contributed by atoms with van der Waals surface area (Å²) in [6.45, 7) is 0.764. The van der Waals surface area contributed by atoms with E-state index in [0.29, 0.717) is 5.56 Å². The van der Waals surface area contributed by atoms with E-state index >= 15 is 0 Å². The van der Waals surface area contributed by atoms with Gasteiger partial charge in [0.1, 0.15) is 0 Å². The van der Waals surface area contributed by atoms with Crippen molar-refractivity contribution >= 4 is 17.1 Å². The van der Waals surface area contributed by atoms with Gasteiger partial charge in [0.05, 0.1) is 17.3 Å². The summed E-state index contributed by atoms with van der Waals surface area (Å²) in [5.41, 5.74) is 3.26. The molecule has 0 fully saturated rings. The summed E-state index contributed by atoms with van der Waals surface area (Å²) in [5.74, 6) is -0.155. The van der Waals surface area contributed by atoms with Gasteiger partial charge in [-0.3, -0.25) is 4.79 Å². The maximum absolute atomic E-state index is 12.4. The van der Waals surface area contributed by atoms with Gasteiger partial charge in [-0.1, -0.05) is 18.2 Å². The zero-order chi connectivity index (χ0) is 14.7. The highest BCUT2D eigenvalue weighted by molar-refractivity contribution is 6.08. The average Bonchev–Trinajstić information content (AvgIpc) is 2.92. The summed E-state index contributed by atoms with van der Waals surface area (Å²) in [6, 6.07) is 13.4. The van der Waals surface area contributed by atoms with Crippen molar-refractivity contribution in [2.75, 3.05) is 12.4 Å². The summed E-state index contributed by atoms with van der Waals surface area (Å²) >= 11 is 0. The number of pyridine rings is 1. The summed E-state index contributed by atoms with van der Waals surface area (Å²) in [4.78, 5) is 12.4. The van der Waals surface area contributed by atoms with E-state index in [9.17, 15) is 4.79 Å². The molecule has 21 heavy (non-hydrogen) atoms. The molecule has 0 radical (unpaired) electrons. The van der Waals surface area contributed by atoms with Gasteiger partial charge in [-0.25, -0.2) is 4.52 Å². The third-order valence-electron chi connectivity index (χ3n) is 3.24. The van der Waals surface area contributed by atoms with Crippen molar-refractivity contribution in [2.24, 2.45) is 0 Å². The maximum atomic E-state index is 12.4. The molecule has 2 aromatic heterocycles. The number of aromatic nitrogens is 2. The number of hydrogen-bond acceptors (Lipinski definition) is 3. The van der Waals surface area contributed by atoms with Gasteiger partial charge in [0.2, 0.25) is 0 Å². The normalized spacial score (nSPS) is 10.7. The molecule has 3 aromatic rings. The Balaban J connectivity index is 1.84. The molecule has 3 rings (SSSR count). The predicted molar refractivity (Wildman–Crippen MR) is 82.4 cm³/mol. The molecule has 2 heterocycles. The molecule has 0 aliphatic rings. The molecule has 0 saturated carbocycles. The highest BCUT2D eigenvalue weighted by Crippen LogP contribution is 2.15. The van der Waals surface area contributed by atoms with Crippen molar-refractivity contribution in [3.63, 3.8) is 0 Å². The van der Waals surface area contributed by atoms with Gasteiger partial charge >= 0.3 is 0 Å². The van der Waals surface area contributed by atoms with Crippen LogP contribution in [-0.2, 0) is 6.54 Å². The monoisotopic (exact) mass is 280 g/mol. The maximum Gasteiger partial charge on any atom is 0.259 e. The van der Waals surface area contributed by atoms with Gasteiger partial charge in [0.15, 0.2) is 0 Å². The fourth-order valence-electron chi connectivity index (χ4n) is 2.27. The van der Waals surface area contributed by atoms with Crippen LogP contribution in [-0.4, -0.2) is 22.6 Å². The van der Waals surface area contributed by atoms with Crippen molar-refractivity contribution in [3.8, 4) is 0 Å². The highest BCUT2D eigenvalue weighted by atomic mass is 16.1. The molecule has 2 N–H and O–H groups in total. The van der Waals surface area contributed by atoms with E-state index in [2.05, 4.69) is 15.7 Å². The molecule has 5 heteroatoms. The van der Waals surface area contributed by atoms with Crippen LogP contribution in [0.3, 0.4) is 0 Å². The van der Waals surface area contributed by atoms with E-state index in [4.69, 9.17) is 0 Å². The van der Waals surface area contributed by atoms with Gasteiger partial charge in [-0.2, -0.15) is 5.10 Å². The second-order valence-corrected chi connectivity index (χ2v) is 4.77. The number of hydrogen-bond donors (Lipinski definition) is 2. The standard InChI is InChI=1S/C16H16N4O/c1-17-10-12-5-4-6-13(9-12)19-16(21)14-11-18-20-8-3-2-7-15(14)20/h2-9,11,17H,10H2,1H3,(H,19,21). The van der Waals surface area contributed by atoms with E-state index in [1.165, 1.54) is 0 Å². The SMILES string of the molecule is CNCc1cccc(NC(=O)c2cnn3ccccc23)c1. The van der Waals surface area contributed by atoms with Gasteiger partial charge in [-0.05, 0) is 36.9 Å². The number of nitrogens with one attached hydrogen (secondary N) is 2. The Morgan fingerprint density at radius 1 is 1.24 bits per heavy atom. The van der Waals surface area contributed by atoms with Crippen molar-refractivity contribution in [1.29, 1.82) is 0 Å². The lowest BCUT2D eigenvalue weighted by Gasteiger charge is -2.06. The van der Waals surface area contributed by atoms with Crippen LogP contribution < -0.4 is 10.6 Å². The molecule has 0 aliphatic carbocycles. The predicted octanol–water partition coefficient (Wildman–Crippen LogP) is 2.31. The van der Waals surface area contributed by atoms with Crippen LogP contribution in [0.4, 0.5) is 5.69 Å². The second kappa shape index (κ2) is 5.76.